The van der Waals surface area contributed by atoms with Gasteiger partial charge in [0.25, 0.3) is 0 Å². The molecule has 0 aliphatic rings. The van der Waals surface area contributed by atoms with Crippen molar-refractivity contribution >= 4 is 5.96 Å². The van der Waals surface area contributed by atoms with E-state index in [0.717, 1.165) is 6.07 Å². The minimum atomic E-state index is -4.30. The van der Waals surface area contributed by atoms with E-state index in [-0.39, 0.29) is 5.92 Å². The summed E-state index contributed by atoms with van der Waals surface area (Å²) in [6, 6.07) is 5.49. The molecule has 0 spiro atoms. The lowest BCUT2D eigenvalue weighted by Crippen LogP contribution is -2.38. The number of hydrogen-bond donors (Lipinski definition) is 2. The Kier molecular flexibility index (Phi) is 6.95. The summed E-state index contributed by atoms with van der Waals surface area (Å²) in [7, 11) is 1.66. The highest BCUT2D eigenvalue weighted by molar-refractivity contribution is 5.79. The first-order valence-electron chi connectivity index (χ1n) is 7.11. The van der Waals surface area contributed by atoms with Crippen LogP contribution in [-0.2, 0) is 6.18 Å². The van der Waals surface area contributed by atoms with Gasteiger partial charge in [0.2, 0.25) is 0 Å². The van der Waals surface area contributed by atoms with Crippen LogP contribution in [0.1, 0.15) is 30.4 Å². The average molecular weight is 313 g/mol. The Bertz CT molecular complexity index is 510. The van der Waals surface area contributed by atoms with E-state index in [2.05, 4.69) is 22.2 Å². The van der Waals surface area contributed by atoms with Crippen LogP contribution in [0.15, 0.2) is 41.9 Å². The van der Waals surface area contributed by atoms with Gasteiger partial charge in [0.05, 0.1) is 5.56 Å². The van der Waals surface area contributed by atoms with Gasteiger partial charge in [0, 0.05) is 20.1 Å². The lowest BCUT2D eigenvalue weighted by molar-refractivity contribution is -0.137. The van der Waals surface area contributed by atoms with Crippen molar-refractivity contribution in [3.8, 4) is 0 Å². The maximum Gasteiger partial charge on any atom is 0.416 e. The van der Waals surface area contributed by atoms with Gasteiger partial charge < -0.3 is 10.6 Å². The molecule has 0 bridgehead atoms. The van der Waals surface area contributed by atoms with E-state index in [1.165, 1.54) is 12.1 Å². The van der Waals surface area contributed by atoms with Crippen LogP contribution >= 0.6 is 0 Å². The quantitative estimate of drug-likeness (QED) is 0.479. The van der Waals surface area contributed by atoms with E-state index in [1.54, 1.807) is 19.2 Å². The number of guanidine groups is 1. The molecule has 122 valence electrons. The normalized spacial score (nSPS) is 13.6. The van der Waals surface area contributed by atoms with E-state index in [9.17, 15) is 13.2 Å². The molecule has 1 atom stereocenters. The number of aliphatic imine (C=N–C) groups is 1. The highest BCUT2D eigenvalue weighted by atomic mass is 19.4. The number of rotatable bonds is 6. The van der Waals surface area contributed by atoms with Gasteiger partial charge in [-0.3, -0.25) is 4.99 Å². The van der Waals surface area contributed by atoms with Crippen LogP contribution < -0.4 is 10.6 Å². The SMILES string of the molecule is C=CCNC(=NC)NCCC(C)c1cccc(C(F)(F)F)c1. The molecule has 0 aliphatic carbocycles. The summed E-state index contributed by atoms with van der Waals surface area (Å²) in [5.41, 5.74) is 0.0823. The molecule has 1 unspecified atom stereocenters. The standard InChI is InChI=1S/C16H22F3N3/c1-4-9-21-15(20-3)22-10-8-12(2)13-6-5-7-14(11-13)16(17,18)19/h4-7,11-12H,1,8-10H2,2-3H3,(H2,20,21,22). The summed E-state index contributed by atoms with van der Waals surface area (Å²) < 4.78 is 38.1. The van der Waals surface area contributed by atoms with Crippen molar-refractivity contribution in [3.05, 3.63) is 48.0 Å². The highest BCUT2D eigenvalue weighted by Gasteiger charge is 2.30. The summed E-state index contributed by atoms with van der Waals surface area (Å²) >= 11 is 0. The Labute approximate surface area is 129 Å². The third kappa shape index (κ3) is 5.79. The largest absolute Gasteiger partial charge is 0.416 e. The summed E-state index contributed by atoms with van der Waals surface area (Å²) in [6.07, 6.45) is -1.88. The van der Waals surface area contributed by atoms with Crippen molar-refractivity contribution in [2.75, 3.05) is 20.1 Å². The Morgan fingerprint density at radius 1 is 1.36 bits per heavy atom. The van der Waals surface area contributed by atoms with Gasteiger partial charge in [0.15, 0.2) is 5.96 Å². The van der Waals surface area contributed by atoms with Crippen molar-refractivity contribution in [3.63, 3.8) is 0 Å². The second kappa shape index (κ2) is 8.46. The second-order valence-electron chi connectivity index (χ2n) is 4.98. The second-order valence-corrected chi connectivity index (χ2v) is 4.98. The molecule has 1 aromatic carbocycles. The maximum absolute atomic E-state index is 12.7. The fourth-order valence-electron chi connectivity index (χ4n) is 1.98. The predicted octanol–water partition coefficient (Wildman–Crippen LogP) is 3.55. The molecule has 0 saturated carbocycles. The fourth-order valence-corrected chi connectivity index (χ4v) is 1.98. The number of benzene rings is 1. The van der Waals surface area contributed by atoms with Crippen LogP contribution in [0, 0.1) is 0 Å². The number of halogens is 3. The van der Waals surface area contributed by atoms with Crippen LogP contribution in [0.5, 0.6) is 0 Å². The molecule has 0 aliphatic heterocycles. The Hall–Kier alpha value is -1.98. The molecule has 2 N–H and O–H groups in total. The molecule has 3 nitrogen and oxygen atoms in total. The van der Waals surface area contributed by atoms with Gasteiger partial charge >= 0.3 is 6.18 Å². The Morgan fingerprint density at radius 3 is 2.68 bits per heavy atom. The molecular weight excluding hydrogens is 291 g/mol. The molecule has 1 aromatic rings. The van der Waals surface area contributed by atoms with Gasteiger partial charge in [-0.1, -0.05) is 31.2 Å². The predicted molar refractivity (Wildman–Crippen MR) is 84.0 cm³/mol. The van der Waals surface area contributed by atoms with Crippen LogP contribution in [0.25, 0.3) is 0 Å². The molecule has 0 amide bonds. The molecule has 0 heterocycles. The zero-order valence-electron chi connectivity index (χ0n) is 12.9. The first-order valence-corrected chi connectivity index (χ1v) is 7.11. The summed E-state index contributed by atoms with van der Waals surface area (Å²) in [5.74, 6) is 0.670. The van der Waals surface area contributed by atoms with Gasteiger partial charge in [-0.25, -0.2) is 0 Å². The third-order valence-electron chi connectivity index (χ3n) is 3.29. The van der Waals surface area contributed by atoms with Crippen LogP contribution in [0.2, 0.25) is 0 Å². The molecular formula is C16H22F3N3. The first kappa shape index (κ1) is 18.1. The van der Waals surface area contributed by atoms with E-state index in [0.29, 0.717) is 31.0 Å². The lowest BCUT2D eigenvalue weighted by atomic mass is 9.96. The number of nitrogens with zero attached hydrogens (tertiary/aromatic N) is 1. The van der Waals surface area contributed by atoms with Crippen molar-refractivity contribution < 1.29 is 13.2 Å². The number of hydrogen-bond acceptors (Lipinski definition) is 1. The average Bonchev–Trinajstić information content (AvgIpc) is 2.49. The molecule has 6 heteroatoms. The van der Waals surface area contributed by atoms with E-state index >= 15 is 0 Å². The minimum absolute atomic E-state index is 0.0207. The van der Waals surface area contributed by atoms with Crippen molar-refractivity contribution in [2.45, 2.75) is 25.4 Å². The van der Waals surface area contributed by atoms with Crippen molar-refractivity contribution in [1.82, 2.24) is 10.6 Å². The van der Waals surface area contributed by atoms with Gasteiger partial charge in [0.1, 0.15) is 0 Å². The number of alkyl halides is 3. The molecule has 1 rings (SSSR count). The van der Waals surface area contributed by atoms with Crippen LogP contribution in [0.3, 0.4) is 0 Å². The molecule has 0 saturated heterocycles. The fraction of sp³-hybridized carbons (Fsp3) is 0.438. The first-order chi connectivity index (χ1) is 10.4. The van der Waals surface area contributed by atoms with Crippen LogP contribution in [0.4, 0.5) is 13.2 Å². The molecule has 0 aromatic heterocycles. The highest BCUT2D eigenvalue weighted by Crippen LogP contribution is 2.31. The maximum atomic E-state index is 12.7. The van der Waals surface area contributed by atoms with E-state index in [1.807, 2.05) is 6.92 Å². The topological polar surface area (TPSA) is 36.4 Å². The Morgan fingerprint density at radius 2 is 2.09 bits per heavy atom. The van der Waals surface area contributed by atoms with E-state index in [4.69, 9.17) is 0 Å². The Balaban J connectivity index is 2.55. The van der Waals surface area contributed by atoms with Gasteiger partial charge in [-0.15, -0.1) is 6.58 Å². The molecule has 0 fully saturated rings. The summed E-state index contributed by atoms with van der Waals surface area (Å²) in [5, 5.41) is 6.15. The minimum Gasteiger partial charge on any atom is -0.356 e. The zero-order chi connectivity index (χ0) is 16.6. The molecule has 22 heavy (non-hydrogen) atoms. The van der Waals surface area contributed by atoms with Crippen molar-refractivity contribution in [1.29, 1.82) is 0 Å². The van der Waals surface area contributed by atoms with E-state index < -0.39 is 11.7 Å². The van der Waals surface area contributed by atoms with Gasteiger partial charge in [-0.05, 0) is 24.0 Å². The third-order valence-corrected chi connectivity index (χ3v) is 3.29. The number of nitrogens with one attached hydrogen (secondary N) is 2. The van der Waals surface area contributed by atoms with Gasteiger partial charge in [-0.2, -0.15) is 13.2 Å². The monoisotopic (exact) mass is 313 g/mol. The molecule has 0 radical (unpaired) electrons. The van der Waals surface area contributed by atoms with Crippen molar-refractivity contribution in [2.24, 2.45) is 4.99 Å². The summed E-state index contributed by atoms with van der Waals surface area (Å²) in [4.78, 5) is 4.04. The zero-order valence-corrected chi connectivity index (χ0v) is 12.9. The smallest absolute Gasteiger partial charge is 0.356 e. The lowest BCUT2D eigenvalue weighted by Gasteiger charge is -2.16. The summed E-state index contributed by atoms with van der Waals surface area (Å²) in [6.45, 7) is 6.74. The van der Waals surface area contributed by atoms with Crippen LogP contribution in [-0.4, -0.2) is 26.1 Å².